The van der Waals surface area contributed by atoms with Crippen molar-refractivity contribution in [2.75, 3.05) is 11.9 Å². The van der Waals surface area contributed by atoms with Crippen molar-refractivity contribution in [3.05, 3.63) is 58.9 Å². The minimum absolute atomic E-state index is 0.0562. The molecule has 3 unspecified atom stereocenters. The maximum Gasteiger partial charge on any atom is 0.389 e. The lowest BCUT2D eigenvalue weighted by Crippen LogP contribution is -2.46. The monoisotopic (exact) mass is 444 g/mol. The third-order valence-electron chi connectivity index (χ3n) is 7.65. The van der Waals surface area contributed by atoms with Crippen molar-refractivity contribution in [3.8, 4) is 0 Å². The Bertz CT molecular complexity index is 1050. The topological polar surface area (TPSA) is 54.5 Å². The maximum absolute atomic E-state index is 13.8. The van der Waals surface area contributed by atoms with Crippen LogP contribution in [0.1, 0.15) is 65.7 Å². The lowest BCUT2D eigenvalue weighted by Gasteiger charge is -2.47. The van der Waals surface area contributed by atoms with Gasteiger partial charge in [0.1, 0.15) is 0 Å². The van der Waals surface area contributed by atoms with Crippen LogP contribution in [0, 0.1) is 12.8 Å². The molecule has 32 heavy (non-hydrogen) atoms. The first-order valence-corrected chi connectivity index (χ1v) is 11.3. The summed E-state index contributed by atoms with van der Waals surface area (Å²) in [5.74, 6) is -0.331. The Morgan fingerprint density at radius 3 is 2.81 bits per heavy atom. The Balaban J connectivity index is 1.50. The van der Waals surface area contributed by atoms with E-state index in [2.05, 4.69) is 10.3 Å². The number of benzene rings is 1. The highest BCUT2D eigenvalue weighted by molar-refractivity contribution is 6.04. The Labute approximate surface area is 185 Å². The summed E-state index contributed by atoms with van der Waals surface area (Å²) in [4.78, 5) is 17.1. The minimum Gasteiger partial charge on any atom is -0.370 e. The van der Waals surface area contributed by atoms with Crippen LogP contribution >= 0.6 is 0 Å². The number of hydrogen-bond donors (Lipinski definition) is 1. The summed E-state index contributed by atoms with van der Waals surface area (Å²) in [6.07, 6.45) is 0.706. The number of halogens is 3. The number of hydrogen-bond acceptors (Lipinski definition) is 3. The predicted octanol–water partition coefficient (Wildman–Crippen LogP) is 5.74. The number of epoxide rings is 1. The Morgan fingerprint density at radius 2 is 2.09 bits per heavy atom. The molecule has 2 aliphatic carbocycles. The van der Waals surface area contributed by atoms with Gasteiger partial charge in [-0.15, -0.1) is 0 Å². The largest absolute Gasteiger partial charge is 0.389 e. The molecule has 1 aromatic carbocycles. The molecule has 2 fully saturated rings. The standard InChI is InChI=1S/C25H27F3N2O2/c1-16-21(6-3-11-29-16)30-22(31)18-7-8-20-17(12-18)4-2-5-19-13-23(15-32-23)9-10-24(19,20)14-25(26,27)28/h3,6-8,11-12,19H,2,4-5,9-10,13-15H2,1H3,(H,30,31). The van der Waals surface area contributed by atoms with E-state index in [9.17, 15) is 18.0 Å². The lowest BCUT2D eigenvalue weighted by atomic mass is 9.57. The van der Waals surface area contributed by atoms with E-state index in [-0.39, 0.29) is 17.4 Å². The maximum atomic E-state index is 13.8. The van der Waals surface area contributed by atoms with Gasteiger partial charge in [0.05, 0.1) is 30.0 Å². The van der Waals surface area contributed by atoms with Gasteiger partial charge in [-0.1, -0.05) is 6.07 Å². The zero-order valence-electron chi connectivity index (χ0n) is 18.1. The molecule has 0 radical (unpaired) electrons. The number of carbonyl (C=O) groups is 1. The molecule has 1 saturated heterocycles. The number of alkyl halides is 3. The van der Waals surface area contributed by atoms with E-state index in [0.29, 0.717) is 49.2 Å². The number of nitrogens with zero attached hydrogens (tertiary/aromatic N) is 1. The van der Waals surface area contributed by atoms with Crippen LogP contribution in [0.2, 0.25) is 0 Å². The molecule has 0 bridgehead atoms. The number of amides is 1. The highest BCUT2D eigenvalue weighted by Gasteiger charge is 2.59. The first-order chi connectivity index (χ1) is 15.2. The molecule has 3 aliphatic rings. The molecule has 170 valence electrons. The van der Waals surface area contributed by atoms with Crippen LogP contribution in [-0.4, -0.2) is 29.3 Å². The van der Waals surface area contributed by atoms with Crippen molar-refractivity contribution in [1.82, 2.24) is 4.98 Å². The highest BCUT2D eigenvalue weighted by Crippen LogP contribution is 2.59. The number of pyridine rings is 1. The van der Waals surface area contributed by atoms with Crippen LogP contribution in [0.5, 0.6) is 0 Å². The first-order valence-electron chi connectivity index (χ1n) is 11.3. The molecule has 1 saturated carbocycles. The van der Waals surface area contributed by atoms with Crippen LogP contribution < -0.4 is 5.32 Å². The summed E-state index contributed by atoms with van der Waals surface area (Å²) in [7, 11) is 0. The summed E-state index contributed by atoms with van der Waals surface area (Å²) < 4.78 is 47.1. The molecule has 1 spiro atoms. The van der Waals surface area contributed by atoms with E-state index in [1.54, 1.807) is 36.5 Å². The van der Waals surface area contributed by atoms with Gasteiger partial charge in [0.25, 0.3) is 5.91 Å². The van der Waals surface area contributed by atoms with Crippen molar-refractivity contribution in [2.45, 2.75) is 69.1 Å². The van der Waals surface area contributed by atoms with Gasteiger partial charge in [0.15, 0.2) is 0 Å². The van der Waals surface area contributed by atoms with Gasteiger partial charge >= 0.3 is 6.18 Å². The van der Waals surface area contributed by atoms with Crippen LogP contribution in [0.4, 0.5) is 18.9 Å². The van der Waals surface area contributed by atoms with Crippen molar-refractivity contribution in [1.29, 1.82) is 0 Å². The highest BCUT2D eigenvalue weighted by atomic mass is 19.4. The lowest BCUT2D eigenvalue weighted by molar-refractivity contribution is -0.158. The van der Waals surface area contributed by atoms with Gasteiger partial charge in [0.2, 0.25) is 0 Å². The number of carbonyl (C=O) groups excluding carboxylic acids is 1. The average Bonchev–Trinajstić information content (AvgIpc) is 3.51. The molecule has 1 amide bonds. The zero-order valence-corrected chi connectivity index (χ0v) is 18.1. The number of aromatic nitrogens is 1. The van der Waals surface area contributed by atoms with Gasteiger partial charge in [-0.25, -0.2) is 0 Å². The SMILES string of the molecule is Cc1ncccc1NC(=O)c1ccc2c(c1)CCCC1CC3(CCC21CC(F)(F)F)CO3. The fourth-order valence-electron chi connectivity index (χ4n) is 5.96. The van der Waals surface area contributed by atoms with Gasteiger partial charge in [-0.2, -0.15) is 13.2 Å². The third kappa shape index (κ3) is 3.91. The van der Waals surface area contributed by atoms with Gasteiger partial charge in [-0.05, 0) is 86.8 Å². The van der Waals surface area contributed by atoms with Crippen LogP contribution in [0.3, 0.4) is 0 Å². The number of nitrogens with one attached hydrogen (secondary N) is 1. The van der Waals surface area contributed by atoms with Crippen molar-refractivity contribution >= 4 is 11.6 Å². The third-order valence-corrected chi connectivity index (χ3v) is 7.65. The smallest absolute Gasteiger partial charge is 0.370 e. The number of aryl methyl sites for hydroxylation is 2. The van der Waals surface area contributed by atoms with Gasteiger partial charge < -0.3 is 10.1 Å². The van der Waals surface area contributed by atoms with E-state index in [1.165, 1.54) is 0 Å². The van der Waals surface area contributed by atoms with Gasteiger partial charge in [0, 0.05) is 17.2 Å². The van der Waals surface area contributed by atoms with E-state index in [1.807, 2.05) is 6.92 Å². The molecule has 2 heterocycles. The number of anilines is 1. The number of fused-ring (bicyclic) bond motifs is 3. The first kappa shape index (κ1) is 21.4. The normalized spacial score (nSPS) is 29.1. The van der Waals surface area contributed by atoms with E-state index >= 15 is 0 Å². The Kier molecular flexibility index (Phi) is 5.08. The molecule has 5 rings (SSSR count). The molecule has 4 nitrogen and oxygen atoms in total. The van der Waals surface area contributed by atoms with Crippen molar-refractivity contribution < 1.29 is 22.7 Å². The molecule has 2 aromatic rings. The van der Waals surface area contributed by atoms with Crippen molar-refractivity contribution in [2.24, 2.45) is 5.92 Å². The quantitative estimate of drug-likeness (QED) is 0.615. The zero-order chi connectivity index (χ0) is 22.6. The van der Waals surface area contributed by atoms with Crippen LogP contribution in [0.15, 0.2) is 36.5 Å². The molecular weight excluding hydrogens is 417 g/mol. The summed E-state index contributed by atoms with van der Waals surface area (Å²) in [6, 6.07) is 8.80. The van der Waals surface area contributed by atoms with Crippen LogP contribution in [-0.2, 0) is 16.6 Å². The molecule has 1 N–H and O–H groups in total. The molecule has 1 aromatic heterocycles. The molecule has 1 aliphatic heterocycles. The van der Waals surface area contributed by atoms with E-state index in [4.69, 9.17) is 4.74 Å². The summed E-state index contributed by atoms with van der Waals surface area (Å²) in [6.45, 7) is 2.48. The number of rotatable bonds is 3. The second-order valence-corrected chi connectivity index (χ2v) is 9.68. The second-order valence-electron chi connectivity index (χ2n) is 9.68. The predicted molar refractivity (Wildman–Crippen MR) is 115 cm³/mol. The summed E-state index contributed by atoms with van der Waals surface area (Å²) in [5.41, 5.74) is 2.33. The Morgan fingerprint density at radius 1 is 1.28 bits per heavy atom. The number of ether oxygens (including phenoxy) is 1. The molecule has 3 atom stereocenters. The summed E-state index contributed by atoms with van der Waals surface area (Å²) >= 11 is 0. The van der Waals surface area contributed by atoms with E-state index < -0.39 is 18.0 Å². The van der Waals surface area contributed by atoms with E-state index in [0.717, 1.165) is 24.0 Å². The summed E-state index contributed by atoms with van der Waals surface area (Å²) in [5, 5.41) is 2.87. The second kappa shape index (κ2) is 7.58. The van der Waals surface area contributed by atoms with Crippen molar-refractivity contribution in [3.63, 3.8) is 0 Å². The average molecular weight is 444 g/mol. The Hall–Kier alpha value is -2.41. The van der Waals surface area contributed by atoms with Crippen LogP contribution in [0.25, 0.3) is 0 Å². The minimum atomic E-state index is -4.25. The van der Waals surface area contributed by atoms with Gasteiger partial charge in [-0.3, -0.25) is 9.78 Å². The fraction of sp³-hybridized carbons (Fsp3) is 0.520. The molecule has 7 heteroatoms. The fourth-order valence-corrected chi connectivity index (χ4v) is 5.96. The molecular formula is C25H27F3N2O2.